The molecule has 0 aliphatic carbocycles. The highest BCUT2D eigenvalue weighted by Crippen LogP contribution is 2.24. The van der Waals surface area contributed by atoms with E-state index in [0.29, 0.717) is 12.3 Å². The van der Waals surface area contributed by atoms with Crippen molar-refractivity contribution in [2.24, 2.45) is 5.73 Å². The van der Waals surface area contributed by atoms with Gasteiger partial charge in [-0.25, -0.2) is 14.1 Å². The third-order valence-corrected chi connectivity index (χ3v) is 4.18. The van der Waals surface area contributed by atoms with E-state index in [1.165, 1.54) is 41.6 Å². The van der Waals surface area contributed by atoms with E-state index < -0.39 is 11.5 Å². The van der Waals surface area contributed by atoms with Gasteiger partial charge in [0.1, 0.15) is 43.0 Å². The highest BCUT2D eigenvalue weighted by Gasteiger charge is 2.41. The van der Waals surface area contributed by atoms with Crippen molar-refractivity contribution < 1.29 is 23.5 Å². The normalized spacial score (nSPS) is 19.7. The smallest absolute Gasteiger partial charge is 0.244 e. The number of hydrogen-bond acceptors (Lipinski definition) is 6. The van der Waals surface area contributed by atoms with Gasteiger partial charge in [-0.3, -0.25) is 9.59 Å². The maximum absolute atomic E-state index is 13.0. The Labute approximate surface area is 154 Å². The Bertz CT molecular complexity index is 783. The van der Waals surface area contributed by atoms with Crippen molar-refractivity contribution in [2.45, 2.75) is 18.6 Å². The maximum Gasteiger partial charge on any atom is 0.244 e. The molecule has 0 bridgehead atoms. The van der Waals surface area contributed by atoms with Gasteiger partial charge in [-0.15, -0.1) is 0 Å². The molecule has 27 heavy (non-hydrogen) atoms. The molecule has 0 radical (unpaired) electrons. The number of benzene rings is 1. The van der Waals surface area contributed by atoms with Crippen LogP contribution in [0.15, 0.2) is 36.9 Å². The van der Waals surface area contributed by atoms with Crippen LogP contribution in [0.2, 0.25) is 0 Å². The van der Waals surface area contributed by atoms with Crippen LogP contribution in [0.4, 0.5) is 4.39 Å². The average molecular weight is 377 g/mol. The molecular weight excluding hydrogens is 357 g/mol. The SMILES string of the molecule is NC(=O)C[C@@]1(COc2ccc(F)cc2)CN(C(=O)Cn2cncn2)CCO1. The fourth-order valence-corrected chi connectivity index (χ4v) is 2.92. The van der Waals surface area contributed by atoms with Gasteiger partial charge in [0.25, 0.3) is 0 Å². The topological polar surface area (TPSA) is 113 Å². The lowest BCUT2D eigenvalue weighted by atomic mass is 9.97. The van der Waals surface area contributed by atoms with E-state index in [1.807, 2.05) is 0 Å². The number of nitrogens with zero attached hydrogens (tertiary/aromatic N) is 4. The van der Waals surface area contributed by atoms with Gasteiger partial charge in [0.2, 0.25) is 11.8 Å². The molecule has 9 nitrogen and oxygen atoms in total. The quantitative estimate of drug-likeness (QED) is 0.725. The van der Waals surface area contributed by atoms with Gasteiger partial charge in [0.15, 0.2) is 0 Å². The predicted molar refractivity (Wildman–Crippen MR) is 91.0 cm³/mol. The first-order valence-corrected chi connectivity index (χ1v) is 8.37. The molecule has 1 aromatic carbocycles. The van der Waals surface area contributed by atoms with E-state index in [-0.39, 0.29) is 44.4 Å². The van der Waals surface area contributed by atoms with Gasteiger partial charge in [-0.2, -0.15) is 5.10 Å². The van der Waals surface area contributed by atoms with Gasteiger partial charge in [0.05, 0.1) is 19.6 Å². The first-order chi connectivity index (χ1) is 13.0. The lowest BCUT2D eigenvalue weighted by molar-refractivity contribution is -0.162. The molecule has 2 N–H and O–H groups in total. The molecule has 0 unspecified atom stereocenters. The molecule has 1 aliphatic heterocycles. The Morgan fingerprint density at radius 3 is 2.78 bits per heavy atom. The number of rotatable bonds is 7. The van der Waals surface area contributed by atoms with Crippen molar-refractivity contribution in [1.29, 1.82) is 0 Å². The number of amides is 2. The molecular formula is C17H20FN5O4. The molecule has 0 spiro atoms. The summed E-state index contributed by atoms with van der Waals surface area (Å²) in [4.78, 5) is 29.5. The highest BCUT2D eigenvalue weighted by atomic mass is 19.1. The molecule has 2 amide bonds. The number of carbonyl (C=O) groups is 2. The van der Waals surface area contributed by atoms with Crippen molar-refractivity contribution in [2.75, 3.05) is 26.3 Å². The number of carbonyl (C=O) groups excluding carboxylic acids is 2. The second-order valence-electron chi connectivity index (χ2n) is 6.33. The number of primary amides is 1. The monoisotopic (exact) mass is 377 g/mol. The summed E-state index contributed by atoms with van der Waals surface area (Å²) in [5.74, 6) is -0.703. The molecule has 1 aliphatic rings. The van der Waals surface area contributed by atoms with Crippen molar-refractivity contribution in [3.05, 3.63) is 42.7 Å². The average Bonchev–Trinajstić information content (AvgIpc) is 3.14. The summed E-state index contributed by atoms with van der Waals surface area (Å²) in [5, 5.41) is 3.92. The van der Waals surface area contributed by atoms with Crippen LogP contribution in [0.3, 0.4) is 0 Å². The Morgan fingerprint density at radius 1 is 1.33 bits per heavy atom. The first-order valence-electron chi connectivity index (χ1n) is 8.37. The van der Waals surface area contributed by atoms with Crippen LogP contribution in [-0.4, -0.2) is 63.4 Å². The molecule has 2 aromatic rings. The minimum atomic E-state index is -1.07. The van der Waals surface area contributed by atoms with Crippen LogP contribution in [0, 0.1) is 5.82 Å². The first kappa shape index (κ1) is 18.8. The number of morpholine rings is 1. The zero-order chi connectivity index (χ0) is 19.3. The molecule has 1 aromatic heterocycles. The minimum absolute atomic E-state index is 0.00528. The van der Waals surface area contributed by atoms with Gasteiger partial charge in [-0.05, 0) is 24.3 Å². The van der Waals surface area contributed by atoms with E-state index in [1.54, 1.807) is 4.90 Å². The van der Waals surface area contributed by atoms with E-state index in [2.05, 4.69) is 10.1 Å². The summed E-state index contributed by atoms with van der Waals surface area (Å²) in [5.41, 5.74) is 4.31. The summed E-state index contributed by atoms with van der Waals surface area (Å²) in [6, 6.07) is 5.49. The van der Waals surface area contributed by atoms with Gasteiger partial charge in [0, 0.05) is 6.54 Å². The summed E-state index contributed by atoms with van der Waals surface area (Å²) >= 11 is 0. The van der Waals surface area contributed by atoms with E-state index >= 15 is 0 Å². The molecule has 1 saturated heterocycles. The zero-order valence-corrected chi connectivity index (χ0v) is 14.6. The van der Waals surface area contributed by atoms with E-state index in [0.717, 1.165) is 0 Å². The number of aromatic nitrogens is 3. The molecule has 1 atom stereocenters. The lowest BCUT2D eigenvalue weighted by Gasteiger charge is -2.41. The maximum atomic E-state index is 13.0. The Kier molecular flexibility index (Phi) is 5.65. The van der Waals surface area contributed by atoms with Crippen LogP contribution < -0.4 is 10.5 Å². The highest BCUT2D eigenvalue weighted by molar-refractivity contribution is 5.77. The molecule has 10 heteroatoms. The van der Waals surface area contributed by atoms with Crippen LogP contribution >= 0.6 is 0 Å². The van der Waals surface area contributed by atoms with E-state index in [9.17, 15) is 14.0 Å². The van der Waals surface area contributed by atoms with Crippen LogP contribution in [0.1, 0.15) is 6.42 Å². The summed E-state index contributed by atoms with van der Waals surface area (Å²) in [6.07, 6.45) is 2.69. The lowest BCUT2D eigenvalue weighted by Crippen LogP contribution is -2.58. The van der Waals surface area contributed by atoms with Crippen LogP contribution in [0.5, 0.6) is 5.75 Å². The van der Waals surface area contributed by atoms with Gasteiger partial charge >= 0.3 is 0 Å². The minimum Gasteiger partial charge on any atom is -0.490 e. The molecule has 2 heterocycles. The van der Waals surface area contributed by atoms with Crippen molar-refractivity contribution >= 4 is 11.8 Å². The Balaban J connectivity index is 1.69. The van der Waals surface area contributed by atoms with Gasteiger partial charge in [-0.1, -0.05) is 0 Å². The van der Waals surface area contributed by atoms with Crippen molar-refractivity contribution in [3.63, 3.8) is 0 Å². The van der Waals surface area contributed by atoms with Gasteiger partial charge < -0.3 is 20.1 Å². The summed E-state index contributed by atoms with van der Waals surface area (Å²) in [7, 11) is 0. The van der Waals surface area contributed by atoms with Crippen molar-refractivity contribution in [3.8, 4) is 5.75 Å². The Morgan fingerprint density at radius 2 is 2.11 bits per heavy atom. The Hall–Kier alpha value is -3.01. The molecule has 0 saturated carbocycles. The second-order valence-corrected chi connectivity index (χ2v) is 6.33. The molecule has 144 valence electrons. The number of nitrogens with two attached hydrogens (primary N) is 1. The predicted octanol–water partition coefficient (Wildman–Crippen LogP) is -0.0308. The second kappa shape index (κ2) is 8.12. The standard InChI is InChI=1S/C17H20FN5O4/c18-13-1-3-14(4-2-13)26-10-17(7-15(19)24)9-22(5-6-27-17)16(25)8-23-12-20-11-21-23/h1-4,11-12H,5-10H2,(H2,19,24)/t17-/m0/s1. The van der Waals surface area contributed by atoms with Crippen LogP contribution in [0.25, 0.3) is 0 Å². The van der Waals surface area contributed by atoms with E-state index in [4.69, 9.17) is 15.2 Å². The number of halogens is 1. The zero-order valence-electron chi connectivity index (χ0n) is 14.6. The third-order valence-electron chi connectivity index (χ3n) is 4.18. The molecule has 3 rings (SSSR count). The number of ether oxygens (including phenoxy) is 2. The largest absolute Gasteiger partial charge is 0.490 e. The third kappa shape index (κ3) is 5.00. The summed E-state index contributed by atoms with van der Waals surface area (Å²) < 4.78 is 25.9. The fraction of sp³-hybridized carbons (Fsp3) is 0.412. The van der Waals surface area contributed by atoms with Crippen LogP contribution in [-0.2, 0) is 20.9 Å². The van der Waals surface area contributed by atoms with Crippen molar-refractivity contribution in [1.82, 2.24) is 19.7 Å². The number of hydrogen-bond donors (Lipinski definition) is 1. The fourth-order valence-electron chi connectivity index (χ4n) is 2.92. The molecule has 1 fully saturated rings. The summed E-state index contributed by atoms with van der Waals surface area (Å²) in [6.45, 7) is 0.790.